The summed E-state index contributed by atoms with van der Waals surface area (Å²) >= 11 is 0. The molecule has 1 aliphatic heterocycles. The molecule has 0 bridgehead atoms. The first-order chi connectivity index (χ1) is 10.1. The lowest BCUT2D eigenvalue weighted by Crippen LogP contribution is -2.27. The van der Waals surface area contributed by atoms with Crippen LogP contribution in [0.1, 0.15) is 21.5 Å². The summed E-state index contributed by atoms with van der Waals surface area (Å²) in [5.41, 5.74) is 3.21. The molecule has 2 aromatic carbocycles. The highest BCUT2D eigenvalue weighted by Gasteiger charge is 2.20. The maximum absolute atomic E-state index is 11.4. The topological polar surface area (TPSA) is 49.8 Å². The van der Waals surface area contributed by atoms with Gasteiger partial charge in [-0.3, -0.25) is 0 Å². The molecule has 0 saturated heterocycles. The van der Waals surface area contributed by atoms with Gasteiger partial charge in [0, 0.05) is 12.1 Å². The Hall–Kier alpha value is -2.49. The zero-order valence-electron chi connectivity index (χ0n) is 11.9. The summed E-state index contributed by atoms with van der Waals surface area (Å²) in [6.07, 6.45) is 0. The first-order valence-corrected chi connectivity index (χ1v) is 6.95. The Morgan fingerprint density at radius 3 is 2.86 bits per heavy atom. The molecule has 4 heteroatoms. The molecular formula is C17H17NO3. The molecule has 4 nitrogen and oxygen atoms in total. The number of rotatable bonds is 2. The molecule has 1 aliphatic rings. The Morgan fingerprint density at radius 2 is 2.05 bits per heavy atom. The third-order valence-corrected chi connectivity index (χ3v) is 3.68. The monoisotopic (exact) mass is 283 g/mol. The highest BCUT2D eigenvalue weighted by atomic mass is 16.5. The first kappa shape index (κ1) is 13.5. The molecule has 1 heterocycles. The van der Waals surface area contributed by atoms with Crippen LogP contribution >= 0.6 is 0 Å². The number of carboxylic acids is 1. The second-order valence-electron chi connectivity index (χ2n) is 5.20. The van der Waals surface area contributed by atoms with Crippen molar-refractivity contribution in [3.63, 3.8) is 0 Å². The van der Waals surface area contributed by atoms with E-state index in [2.05, 4.69) is 4.90 Å². The van der Waals surface area contributed by atoms with Gasteiger partial charge in [0.15, 0.2) is 0 Å². The lowest BCUT2D eigenvalue weighted by molar-refractivity contribution is 0.0697. The van der Waals surface area contributed by atoms with Crippen LogP contribution in [0.15, 0.2) is 42.5 Å². The van der Waals surface area contributed by atoms with E-state index in [1.165, 1.54) is 0 Å². The molecule has 0 aromatic heterocycles. The lowest BCUT2D eigenvalue weighted by Gasteiger charge is -2.24. The molecule has 0 atom stereocenters. The van der Waals surface area contributed by atoms with Crippen LogP contribution in [-0.4, -0.2) is 24.2 Å². The second-order valence-corrected chi connectivity index (χ2v) is 5.20. The SMILES string of the molecule is Cc1ccc(C(=O)O)c(N2CCOc3ccccc3C2)c1. The van der Waals surface area contributed by atoms with Crippen molar-refractivity contribution in [3.8, 4) is 5.75 Å². The summed E-state index contributed by atoms with van der Waals surface area (Å²) < 4.78 is 5.74. The molecule has 108 valence electrons. The van der Waals surface area contributed by atoms with E-state index in [1.807, 2.05) is 43.3 Å². The lowest BCUT2D eigenvalue weighted by atomic mass is 10.1. The third kappa shape index (κ3) is 2.70. The maximum Gasteiger partial charge on any atom is 0.337 e. The summed E-state index contributed by atoms with van der Waals surface area (Å²) in [5.74, 6) is -0.0204. The molecule has 2 aromatic rings. The van der Waals surface area contributed by atoms with E-state index in [0.717, 1.165) is 22.6 Å². The van der Waals surface area contributed by atoms with Crippen molar-refractivity contribution in [2.75, 3.05) is 18.1 Å². The number of hydrogen-bond acceptors (Lipinski definition) is 3. The normalized spacial score (nSPS) is 14.0. The van der Waals surface area contributed by atoms with Crippen LogP contribution in [0.25, 0.3) is 0 Å². The van der Waals surface area contributed by atoms with Gasteiger partial charge in [-0.2, -0.15) is 0 Å². The molecule has 0 amide bonds. The molecule has 0 aliphatic carbocycles. The van der Waals surface area contributed by atoms with E-state index < -0.39 is 5.97 Å². The highest BCUT2D eigenvalue weighted by Crippen LogP contribution is 2.29. The van der Waals surface area contributed by atoms with Gasteiger partial charge in [0.25, 0.3) is 0 Å². The number of nitrogens with zero attached hydrogens (tertiary/aromatic N) is 1. The van der Waals surface area contributed by atoms with Gasteiger partial charge < -0.3 is 14.7 Å². The second kappa shape index (κ2) is 5.48. The number of anilines is 1. The van der Waals surface area contributed by atoms with Crippen molar-refractivity contribution >= 4 is 11.7 Å². The van der Waals surface area contributed by atoms with Gasteiger partial charge in [0.2, 0.25) is 0 Å². The van der Waals surface area contributed by atoms with Crippen molar-refractivity contribution in [1.29, 1.82) is 0 Å². The molecule has 0 saturated carbocycles. The van der Waals surface area contributed by atoms with Gasteiger partial charge in [0.1, 0.15) is 12.4 Å². The fourth-order valence-electron chi connectivity index (χ4n) is 2.62. The smallest absolute Gasteiger partial charge is 0.337 e. The third-order valence-electron chi connectivity index (χ3n) is 3.68. The predicted octanol–water partition coefficient (Wildman–Crippen LogP) is 3.09. The molecule has 0 spiro atoms. The Labute approximate surface area is 123 Å². The number of aromatic carboxylic acids is 1. The number of aryl methyl sites for hydroxylation is 1. The van der Waals surface area contributed by atoms with E-state index >= 15 is 0 Å². The van der Waals surface area contributed by atoms with E-state index in [9.17, 15) is 9.90 Å². The van der Waals surface area contributed by atoms with E-state index in [0.29, 0.717) is 25.3 Å². The van der Waals surface area contributed by atoms with Crippen LogP contribution in [0.3, 0.4) is 0 Å². The van der Waals surface area contributed by atoms with Crippen molar-refractivity contribution in [2.24, 2.45) is 0 Å². The Bertz CT molecular complexity index is 681. The molecule has 1 N–H and O–H groups in total. The number of benzene rings is 2. The van der Waals surface area contributed by atoms with Gasteiger partial charge in [0.05, 0.1) is 17.8 Å². The van der Waals surface area contributed by atoms with Gasteiger partial charge >= 0.3 is 5.97 Å². The largest absolute Gasteiger partial charge is 0.491 e. The summed E-state index contributed by atoms with van der Waals surface area (Å²) in [7, 11) is 0. The first-order valence-electron chi connectivity index (χ1n) is 6.95. The minimum Gasteiger partial charge on any atom is -0.491 e. The predicted molar refractivity (Wildman–Crippen MR) is 81.1 cm³/mol. The Balaban J connectivity index is 2.01. The molecule has 3 rings (SSSR count). The van der Waals surface area contributed by atoms with Gasteiger partial charge in [-0.15, -0.1) is 0 Å². The average Bonchev–Trinajstić information content (AvgIpc) is 2.68. The number of hydrogen-bond donors (Lipinski definition) is 1. The molecule has 0 radical (unpaired) electrons. The zero-order chi connectivity index (χ0) is 14.8. The summed E-state index contributed by atoms with van der Waals surface area (Å²) in [6.45, 7) is 3.83. The van der Waals surface area contributed by atoms with Gasteiger partial charge in [-0.25, -0.2) is 4.79 Å². The minimum absolute atomic E-state index is 0.333. The standard InChI is InChI=1S/C17H17NO3/c1-12-6-7-14(17(19)20)15(10-12)18-8-9-21-16-5-3-2-4-13(16)11-18/h2-7,10H,8-9,11H2,1H3,(H,19,20). The Kier molecular flexibility index (Phi) is 3.52. The highest BCUT2D eigenvalue weighted by molar-refractivity contribution is 5.94. The summed E-state index contributed by atoms with van der Waals surface area (Å²) in [6, 6.07) is 13.3. The zero-order valence-corrected chi connectivity index (χ0v) is 11.9. The maximum atomic E-state index is 11.4. The molecular weight excluding hydrogens is 266 g/mol. The van der Waals surface area contributed by atoms with Gasteiger partial charge in [-0.1, -0.05) is 24.3 Å². The molecule has 0 fully saturated rings. The van der Waals surface area contributed by atoms with Crippen LogP contribution in [0.2, 0.25) is 0 Å². The van der Waals surface area contributed by atoms with Crippen molar-refractivity contribution < 1.29 is 14.6 Å². The summed E-state index contributed by atoms with van der Waals surface area (Å²) in [4.78, 5) is 13.5. The van der Waals surface area contributed by atoms with Crippen LogP contribution < -0.4 is 9.64 Å². The van der Waals surface area contributed by atoms with Gasteiger partial charge in [-0.05, 0) is 30.7 Å². The number of carboxylic acid groups (broad SMARTS) is 1. The van der Waals surface area contributed by atoms with Crippen molar-refractivity contribution in [2.45, 2.75) is 13.5 Å². The van der Waals surface area contributed by atoms with Crippen LogP contribution in [0.4, 0.5) is 5.69 Å². The minimum atomic E-state index is -0.900. The average molecular weight is 283 g/mol. The molecule has 0 unspecified atom stereocenters. The van der Waals surface area contributed by atoms with E-state index in [1.54, 1.807) is 6.07 Å². The molecule has 21 heavy (non-hydrogen) atoms. The fourth-order valence-corrected chi connectivity index (χ4v) is 2.62. The van der Waals surface area contributed by atoms with Crippen LogP contribution in [0, 0.1) is 6.92 Å². The van der Waals surface area contributed by atoms with E-state index in [-0.39, 0.29) is 0 Å². The van der Waals surface area contributed by atoms with Crippen molar-refractivity contribution in [3.05, 3.63) is 59.2 Å². The number of para-hydroxylation sites is 1. The fraction of sp³-hybridized carbons (Fsp3) is 0.235. The summed E-state index contributed by atoms with van der Waals surface area (Å²) in [5, 5.41) is 9.39. The number of carbonyl (C=O) groups is 1. The van der Waals surface area contributed by atoms with Crippen molar-refractivity contribution in [1.82, 2.24) is 0 Å². The Morgan fingerprint density at radius 1 is 1.24 bits per heavy atom. The number of fused-ring (bicyclic) bond motifs is 1. The number of ether oxygens (including phenoxy) is 1. The quantitative estimate of drug-likeness (QED) is 0.920. The van der Waals surface area contributed by atoms with Crippen LogP contribution in [0.5, 0.6) is 5.75 Å². The van der Waals surface area contributed by atoms with E-state index in [4.69, 9.17) is 4.74 Å². The van der Waals surface area contributed by atoms with Crippen LogP contribution in [-0.2, 0) is 6.54 Å².